The van der Waals surface area contributed by atoms with Gasteiger partial charge in [0.05, 0.1) is 16.7 Å². The molecule has 2 aromatic rings. The number of carbonyl (C=O) groups excluding carboxylic acids is 1. The lowest BCUT2D eigenvalue weighted by Crippen LogP contribution is -2.31. The summed E-state index contributed by atoms with van der Waals surface area (Å²) >= 11 is 0. The third-order valence-corrected chi connectivity index (χ3v) is 3.31. The molecule has 3 rings (SSSR count). The van der Waals surface area contributed by atoms with Crippen LogP contribution in [0.25, 0.3) is 11.0 Å². The number of halogens is 3. The highest BCUT2D eigenvalue weighted by atomic mass is 19.4. The zero-order valence-corrected chi connectivity index (χ0v) is 11.0. The molecule has 2 heterocycles. The fourth-order valence-corrected chi connectivity index (χ4v) is 2.31. The molecule has 0 saturated heterocycles. The molecule has 2 N–H and O–H groups in total. The summed E-state index contributed by atoms with van der Waals surface area (Å²) in [6.07, 6.45) is -4.21. The summed E-state index contributed by atoms with van der Waals surface area (Å²) in [4.78, 5) is 17.0. The van der Waals surface area contributed by atoms with Crippen LogP contribution in [-0.4, -0.2) is 21.6 Å². The molecule has 1 aliphatic heterocycles. The number of H-pyrrole nitrogens is 1. The Hall–Kier alpha value is -2.38. The molecule has 0 aliphatic carbocycles. The Kier molecular flexibility index (Phi) is 2.96. The van der Waals surface area contributed by atoms with Gasteiger partial charge in [-0.3, -0.25) is 4.79 Å². The number of benzene rings is 1. The average molecular weight is 296 g/mol. The lowest BCUT2D eigenvalue weighted by molar-refractivity contribution is -0.144. The fourth-order valence-electron chi connectivity index (χ4n) is 2.31. The quantitative estimate of drug-likeness (QED) is 0.848. The number of imidazole rings is 1. The number of hydrazone groups is 1. The minimum atomic E-state index is -4.51. The number of hydrogen-bond donors (Lipinski definition) is 2. The van der Waals surface area contributed by atoms with Gasteiger partial charge in [-0.05, 0) is 12.1 Å². The maximum Gasteiger partial charge on any atom is 0.449 e. The third-order valence-electron chi connectivity index (χ3n) is 3.31. The fraction of sp³-hybridized carbons (Fsp3) is 0.308. The standard InChI is InChI=1S/C13H11F3N4O/c1-6-4-10(21)19-20-11(6)7-2-3-8-9(5-7)18-12(17-8)13(14,15)16/h2-3,5-6H,4H2,1H3,(H,17,18)(H,19,21). The van der Waals surface area contributed by atoms with Gasteiger partial charge in [-0.15, -0.1) is 0 Å². The number of fused-ring (bicyclic) bond motifs is 1. The number of hydrogen-bond acceptors (Lipinski definition) is 3. The van der Waals surface area contributed by atoms with Crippen LogP contribution in [0.4, 0.5) is 13.2 Å². The molecule has 0 spiro atoms. The molecule has 0 fully saturated rings. The van der Waals surface area contributed by atoms with Crippen molar-refractivity contribution in [2.45, 2.75) is 19.5 Å². The Morgan fingerprint density at radius 1 is 1.33 bits per heavy atom. The van der Waals surface area contributed by atoms with E-state index in [0.29, 0.717) is 17.7 Å². The minimum Gasteiger partial charge on any atom is -0.334 e. The molecule has 1 aliphatic rings. The summed E-state index contributed by atoms with van der Waals surface area (Å²) in [5.74, 6) is -1.30. The van der Waals surface area contributed by atoms with Gasteiger partial charge in [0.15, 0.2) is 0 Å². The summed E-state index contributed by atoms with van der Waals surface area (Å²) in [6.45, 7) is 1.84. The van der Waals surface area contributed by atoms with E-state index in [1.54, 1.807) is 12.1 Å². The van der Waals surface area contributed by atoms with Crippen LogP contribution in [0.15, 0.2) is 23.3 Å². The number of rotatable bonds is 1. The Labute approximate surface area is 117 Å². The maximum absolute atomic E-state index is 12.6. The molecule has 1 aromatic heterocycles. The van der Waals surface area contributed by atoms with Crippen molar-refractivity contribution in [3.63, 3.8) is 0 Å². The molecule has 8 heteroatoms. The van der Waals surface area contributed by atoms with E-state index in [1.807, 2.05) is 6.92 Å². The number of aromatic amines is 1. The zero-order chi connectivity index (χ0) is 15.2. The van der Waals surface area contributed by atoms with E-state index in [9.17, 15) is 18.0 Å². The van der Waals surface area contributed by atoms with Gasteiger partial charge in [0, 0.05) is 17.9 Å². The van der Waals surface area contributed by atoms with Crippen molar-refractivity contribution in [2.75, 3.05) is 0 Å². The number of nitrogens with one attached hydrogen (secondary N) is 2. The largest absolute Gasteiger partial charge is 0.449 e. The molecule has 5 nitrogen and oxygen atoms in total. The van der Waals surface area contributed by atoms with Gasteiger partial charge in [0.1, 0.15) is 0 Å². The van der Waals surface area contributed by atoms with Crippen molar-refractivity contribution in [3.05, 3.63) is 29.6 Å². The van der Waals surface area contributed by atoms with Gasteiger partial charge in [0.25, 0.3) is 0 Å². The summed E-state index contributed by atoms with van der Waals surface area (Å²) in [5, 5.41) is 3.98. The Balaban J connectivity index is 2.03. The van der Waals surface area contributed by atoms with Gasteiger partial charge in [-0.1, -0.05) is 13.0 Å². The van der Waals surface area contributed by atoms with E-state index in [1.165, 1.54) is 6.07 Å². The van der Waals surface area contributed by atoms with E-state index in [4.69, 9.17) is 0 Å². The van der Waals surface area contributed by atoms with Gasteiger partial charge in [-0.25, -0.2) is 10.4 Å². The van der Waals surface area contributed by atoms with Crippen molar-refractivity contribution >= 4 is 22.7 Å². The second-order valence-electron chi connectivity index (χ2n) is 4.95. The van der Waals surface area contributed by atoms with Gasteiger partial charge in [0.2, 0.25) is 11.7 Å². The first kappa shape index (κ1) is 13.6. The smallest absolute Gasteiger partial charge is 0.334 e. The first-order valence-corrected chi connectivity index (χ1v) is 6.28. The Bertz CT molecular complexity index is 747. The number of alkyl halides is 3. The molecule has 1 unspecified atom stereocenters. The lowest BCUT2D eigenvalue weighted by Gasteiger charge is -2.18. The summed E-state index contributed by atoms with van der Waals surface area (Å²) in [6, 6.07) is 4.71. The molecule has 0 saturated carbocycles. The second kappa shape index (κ2) is 4.57. The van der Waals surface area contributed by atoms with E-state index < -0.39 is 12.0 Å². The van der Waals surface area contributed by atoms with E-state index in [0.717, 1.165) is 0 Å². The highest BCUT2D eigenvalue weighted by Gasteiger charge is 2.34. The van der Waals surface area contributed by atoms with Gasteiger partial charge in [-0.2, -0.15) is 18.3 Å². The van der Waals surface area contributed by atoms with E-state index >= 15 is 0 Å². The number of amides is 1. The van der Waals surface area contributed by atoms with Crippen LogP contribution in [0.1, 0.15) is 24.7 Å². The topological polar surface area (TPSA) is 70.1 Å². The van der Waals surface area contributed by atoms with Crippen molar-refractivity contribution in [2.24, 2.45) is 11.0 Å². The first-order valence-electron chi connectivity index (χ1n) is 6.28. The van der Waals surface area contributed by atoms with Crippen molar-refractivity contribution in [3.8, 4) is 0 Å². The molecule has 0 radical (unpaired) electrons. The molecule has 110 valence electrons. The summed E-state index contributed by atoms with van der Waals surface area (Å²) < 4.78 is 37.9. The van der Waals surface area contributed by atoms with Crippen LogP contribution in [0.3, 0.4) is 0 Å². The van der Waals surface area contributed by atoms with Gasteiger partial charge >= 0.3 is 6.18 Å². The van der Waals surface area contributed by atoms with Crippen molar-refractivity contribution < 1.29 is 18.0 Å². The molecule has 0 bridgehead atoms. The van der Waals surface area contributed by atoms with Crippen molar-refractivity contribution in [1.82, 2.24) is 15.4 Å². The summed E-state index contributed by atoms with van der Waals surface area (Å²) in [7, 11) is 0. The van der Waals surface area contributed by atoms with Crippen LogP contribution >= 0.6 is 0 Å². The number of nitrogens with zero attached hydrogens (tertiary/aromatic N) is 2. The Morgan fingerprint density at radius 2 is 2.10 bits per heavy atom. The first-order chi connectivity index (χ1) is 9.84. The molecule has 1 aromatic carbocycles. The predicted molar refractivity (Wildman–Crippen MR) is 69.6 cm³/mol. The molecule has 1 atom stereocenters. The van der Waals surface area contributed by atoms with Gasteiger partial charge < -0.3 is 4.98 Å². The minimum absolute atomic E-state index is 0.0961. The second-order valence-corrected chi connectivity index (χ2v) is 4.95. The molecule has 1 amide bonds. The molecular weight excluding hydrogens is 285 g/mol. The van der Waals surface area contributed by atoms with Crippen LogP contribution < -0.4 is 5.43 Å². The monoisotopic (exact) mass is 296 g/mol. The SMILES string of the molecule is CC1CC(=O)NN=C1c1ccc2nc(C(F)(F)F)[nH]c2c1. The zero-order valence-electron chi connectivity index (χ0n) is 11.0. The predicted octanol–water partition coefficient (Wildman–Crippen LogP) is 2.44. The van der Waals surface area contributed by atoms with E-state index in [2.05, 4.69) is 20.5 Å². The highest BCUT2D eigenvalue weighted by Crippen LogP contribution is 2.29. The number of carbonyl (C=O) groups is 1. The average Bonchev–Trinajstić information content (AvgIpc) is 2.81. The third kappa shape index (κ3) is 2.48. The Morgan fingerprint density at radius 3 is 2.76 bits per heavy atom. The molecular formula is C13H11F3N4O. The molecule has 21 heavy (non-hydrogen) atoms. The maximum atomic E-state index is 12.6. The van der Waals surface area contributed by atoms with Crippen LogP contribution in [-0.2, 0) is 11.0 Å². The van der Waals surface area contributed by atoms with Crippen molar-refractivity contribution in [1.29, 1.82) is 0 Å². The van der Waals surface area contributed by atoms with E-state index in [-0.39, 0.29) is 22.9 Å². The highest BCUT2D eigenvalue weighted by molar-refractivity contribution is 6.07. The van der Waals surface area contributed by atoms with Crippen LogP contribution in [0, 0.1) is 5.92 Å². The van der Waals surface area contributed by atoms with Crippen LogP contribution in [0.2, 0.25) is 0 Å². The normalized spacial score (nSPS) is 19.5. The lowest BCUT2D eigenvalue weighted by atomic mass is 9.94. The number of aromatic nitrogens is 2. The summed E-state index contributed by atoms with van der Waals surface area (Å²) in [5.41, 5.74) is 4.20. The van der Waals surface area contributed by atoms with Crippen LogP contribution in [0.5, 0.6) is 0 Å².